The first-order valence-electron chi connectivity index (χ1n) is 6.94. The number of carbonyl (C=O) groups is 1. The Labute approximate surface area is 103 Å². The first kappa shape index (κ1) is 11.7. The molecule has 3 nitrogen and oxygen atoms in total. The van der Waals surface area contributed by atoms with E-state index >= 15 is 0 Å². The van der Waals surface area contributed by atoms with Crippen molar-refractivity contribution < 1.29 is 14.3 Å². The van der Waals surface area contributed by atoms with E-state index in [4.69, 9.17) is 9.47 Å². The van der Waals surface area contributed by atoms with Crippen LogP contribution in [0.1, 0.15) is 39.0 Å². The van der Waals surface area contributed by atoms with Crippen molar-refractivity contribution in [3.8, 4) is 0 Å². The molecule has 6 atom stereocenters. The normalized spacial score (nSPS) is 49.9. The van der Waals surface area contributed by atoms with E-state index in [9.17, 15) is 4.79 Å². The van der Waals surface area contributed by atoms with Crippen LogP contribution in [0.15, 0.2) is 0 Å². The zero-order valence-electron chi connectivity index (χ0n) is 10.7. The van der Waals surface area contributed by atoms with Gasteiger partial charge in [0.15, 0.2) is 6.29 Å². The van der Waals surface area contributed by atoms with Crippen LogP contribution in [0.2, 0.25) is 0 Å². The van der Waals surface area contributed by atoms with Crippen molar-refractivity contribution in [1.82, 2.24) is 0 Å². The molecule has 3 aliphatic rings. The van der Waals surface area contributed by atoms with Crippen LogP contribution in [0.5, 0.6) is 0 Å². The maximum atomic E-state index is 12.6. The quantitative estimate of drug-likeness (QED) is 0.703. The number of carbonyl (C=O) groups excluding carboxylic acids is 1. The third-order valence-corrected chi connectivity index (χ3v) is 5.08. The van der Waals surface area contributed by atoms with Crippen LogP contribution in [-0.2, 0) is 14.3 Å². The van der Waals surface area contributed by atoms with Crippen LogP contribution in [0.4, 0.5) is 0 Å². The Morgan fingerprint density at radius 3 is 2.82 bits per heavy atom. The van der Waals surface area contributed by atoms with E-state index in [0.717, 1.165) is 12.8 Å². The van der Waals surface area contributed by atoms with Gasteiger partial charge in [-0.15, -0.1) is 0 Å². The van der Waals surface area contributed by atoms with Gasteiger partial charge in [-0.3, -0.25) is 4.79 Å². The van der Waals surface area contributed by atoms with E-state index in [-0.39, 0.29) is 18.3 Å². The molecule has 0 aromatic carbocycles. The molecule has 1 aliphatic heterocycles. The van der Waals surface area contributed by atoms with Gasteiger partial charge in [-0.1, -0.05) is 12.8 Å². The standard InChI is InChI=1S/C14H22O3/c1-8-12-11(14(16-2)17-8)7-9-5-3-4-6-10(9)13(12)15/h8-12,14H,3-7H2,1-2H3/t8-,9+,10-,11-,12-,14-/m1/s1. The fourth-order valence-corrected chi connectivity index (χ4v) is 4.31. The number of Topliss-reactive ketones (excluding diaryl/α,β-unsaturated/α-hetero) is 1. The molecule has 1 heterocycles. The van der Waals surface area contributed by atoms with Crippen molar-refractivity contribution in [3.05, 3.63) is 0 Å². The predicted octanol–water partition coefficient (Wildman–Crippen LogP) is 2.39. The molecule has 3 heteroatoms. The summed E-state index contributed by atoms with van der Waals surface area (Å²) >= 11 is 0. The summed E-state index contributed by atoms with van der Waals surface area (Å²) in [5, 5.41) is 0. The Morgan fingerprint density at radius 2 is 2.06 bits per heavy atom. The zero-order valence-corrected chi connectivity index (χ0v) is 10.7. The van der Waals surface area contributed by atoms with E-state index in [2.05, 4.69) is 0 Å². The highest BCUT2D eigenvalue weighted by atomic mass is 16.7. The van der Waals surface area contributed by atoms with Crippen LogP contribution >= 0.6 is 0 Å². The average molecular weight is 238 g/mol. The number of methoxy groups -OCH3 is 1. The lowest BCUT2D eigenvalue weighted by Gasteiger charge is -2.40. The van der Waals surface area contributed by atoms with Crippen LogP contribution in [0.25, 0.3) is 0 Å². The molecule has 0 aromatic rings. The Bertz CT molecular complexity index is 315. The van der Waals surface area contributed by atoms with Gasteiger partial charge in [0.2, 0.25) is 0 Å². The van der Waals surface area contributed by atoms with Gasteiger partial charge < -0.3 is 9.47 Å². The smallest absolute Gasteiger partial charge is 0.161 e. The highest BCUT2D eigenvalue weighted by Crippen LogP contribution is 2.49. The fourth-order valence-electron chi connectivity index (χ4n) is 4.31. The highest BCUT2D eigenvalue weighted by molar-refractivity contribution is 5.85. The maximum Gasteiger partial charge on any atom is 0.161 e. The van der Waals surface area contributed by atoms with Gasteiger partial charge in [-0.05, 0) is 32.1 Å². The first-order chi connectivity index (χ1) is 8.22. The largest absolute Gasteiger partial charge is 0.356 e. The minimum Gasteiger partial charge on any atom is -0.356 e. The number of ether oxygens (including phenoxy) is 2. The molecular weight excluding hydrogens is 216 g/mol. The summed E-state index contributed by atoms with van der Waals surface area (Å²) in [6.45, 7) is 2.03. The molecule has 3 fully saturated rings. The maximum absolute atomic E-state index is 12.6. The molecule has 3 rings (SSSR count). The third kappa shape index (κ3) is 1.75. The zero-order chi connectivity index (χ0) is 12.0. The molecule has 1 saturated heterocycles. The van der Waals surface area contributed by atoms with Gasteiger partial charge in [0.25, 0.3) is 0 Å². The van der Waals surface area contributed by atoms with Crippen LogP contribution in [-0.4, -0.2) is 25.3 Å². The van der Waals surface area contributed by atoms with E-state index < -0.39 is 0 Å². The summed E-state index contributed by atoms with van der Waals surface area (Å²) in [7, 11) is 1.69. The van der Waals surface area contributed by atoms with Crippen molar-refractivity contribution in [1.29, 1.82) is 0 Å². The average Bonchev–Trinajstić information content (AvgIpc) is 2.66. The molecule has 0 spiro atoms. The molecule has 0 aromatic heterocycles. The summed E-state index contributed by atoms with van der Waals surface area (Å²) in [5.74, 6) is 1.80. The molecule has 96 valence electrons. The summed E-state index contributed by atoms with van der Waals surface area (Å²) in [6.07, 6.45) is 5.88. The third-order valence-electron chi connectivity index (χ3n) is 5.08. The second-order valence-corrected chi connectivity index (χ2v) is 5.92. The summed E-state index contributed by atoms with van der Waals surface area (Å²) in [5.41, 5.74) is 0. The lowest BCUT2D eigenvalue weighted by Crippen LogP contribution is -2.44. The fraction of sp³-hybridized carbons (Fsp3) is 0.929. The lowest BCUT2D eigenvalue weighted by molar-refractivity contribution is -0.139. The van der Waals surface area contributed by atoms with Gasteiger partial charge in [0.1, 0.15) is 5.78 Å². The Hall–Kier alpha value is -0.410. The SMILES string of the molecule is CO[C@@H]1O[C@H](C)[C@H]2C(=O)[C@@H]3CCCC[C@H]3C[C@@H]12. The number of fused-ring (bicyclic) bond motifs is 2. The molecule has 0 radical (unpaired) electrons. The van der Waals surface area contributed by atoms with Crippen LogP contribution < -0.4 is 0 Å². The molecule has 0 N–H and O–H groups in total. The van der Waals surface area contributed by atoms with Gasteiger partial charge in [0.05, 0.1) is 12.0 Å². The second kappa shape index (κ2) is 4.36. The molecule has 17 heavy (non-hydrogen) atoms. The summed E-state index contributed by atoms with van der Waals surface area (Å²) in [4.78, 5) is 12.6. The minimum atomic E-state index is -0.151. The number of hydrogen-bond donors (Lipinski definition) is 0. The number of ketones is 1. The van der Waals surface area contributed by atoms with Crippen LogP contribution in [0.3, 0.4) is 0 Å². The predicted molar refractivity (Wildman–Crippen MR) is 63.4 cm³/mol. The second-order valence-electron chi connectivity index (χ2n) is 5.92. The van der Waals surface area contributed by atoms with E-state index in [1.165, 1.54) is 19.3 Å². The minimum absolute atomic E-state index is 0.0420. The van der Waals surface area contributed by atoms with Crippen LogP contribution in [0, 0.1) is 23.7 Å². The van der Waals surface area contributed by atoms with Gasteiger partial charge >= 0.3 is 0 Å². The van der Waals surface area contributed by atoms with E-state index in [1.54, 1.807) is 7.11 Å². The van der Waals surface area contributed by atoms with Gasteiger partial charge in [-0.2, -0.15) is 0 Å². The van der Waals surface area contributed by atoms with Crippen molar-refractivity contribution >= 4 is 5.78 Å². The summed E-state index contributed by atoms with van der Waals surface area (Å²) in [6, 6.07) is 0. The highest BCUT2D eigenvalue weighted by Gasteiger charge is 2.53. The van der Waals surface area contributed by atoms with Crippen molar-refractivity contribution in [3.63, 3.8) is 0 Å². The van der Waals surface area contributed by atoms with Gasteiger partial charge in [0, 0.05) is 18.9 Å². The van der Waals surface area contributed by atoms with Crippen molar-refractivity contribution in [2.45, 2.75) is 51.4 Å². The van der Waals surface area contributed by atoms with Crippen molar-refractivity contribution in [2.24, 2.45) is 23.7 Å². The Morgan fingerprint density at radius 1 is 1.29 bits per heavy atom. The number of rotatable bonds is 1. The molecule has 0 amide bonds. The molecule has 2 aliphatic carbocycles. The Kier molecular flexibility index (Phi) is 2.99. The van der Waals surface area contributed by atoms with Crippen molar-refractivity contribution in [2.75, 3.05) is 7.11 Å². The molecule has 0 unspecified atom stereocenters. The van der Waals surface area contributed by atoms with E-state index in [0.29, 0.717) is 23.5 Å². The molecule has 0 bridgehead atoms. The monoisotopic (exact) mass is 238 g/mol. The summed E-state index contributed by atoms with van der Waals surface area (Å²) < 4.78 is 11.2. The first-order valence-corrected chi connectivity index (χ1v) is 6.94. The lowest BCUT2D eigenvalue weighted by atomic mass is 9.62. The molecular formula is C14H22O3. The number of hydrogen-bond acceptors (Lipinski definition) is 3. The Balaban J connectivity index is 1.85. The topological polar surface area (TPSA) is 35.5 Å². The van der Waals surface area contributed by atoms with Gasteiger partial charge in [-0.25, -0.2) is 0 Å². The molecule has 2 saturated carbocycles. The van der Waals surface area contributed by atoms with E-state index in [1.807, 2.05) is 6.92 Å².